The van der Waals surface area contributed by atoms with E-state index in [1.165, 1.54) is 18.3 Å². The first kappa shape index (κ1) is 17.3. The third-order valence-electron chi connectivity index (χ3n) is 2.79. The Morgan fingerprint density at radius 2 is 2.04 bits per heavy atom. The van der Waals surface area contributed by atoms with Crippen LogP contribution < -0.4 is 10.6 Å². The van der Waals surface area contributed by atoms with E-state index in [1.807, 2.05) is 0 Å². The largest absolute Gasteiger partial charge is 0.417 e. The maximum Gasteiger partial charge on any atom is 0.417 e. The molecule has 2 rings (SSSR count). The summed E-state index contributed by atoms with van der Waals surface area (Å²) < 4.78 is 43.4. The number of benzene rings is 1. The molecular weight excluding hydrogens is 333 g/mol. The zero-order valence-electron chi connectivity index (χ0n) is 12.1. The molecule has 0 bridgehead atoms. The summed E-state index contributed by atoms with van der Waals surface area (Å²) in [6.45, 7) is 0.992. The van der Waals surface area contributed by atoms with Crippen LogP contribution in [0.2, 0.25) is 5.02 Å². The number of methoxy groups -OCH3 is 1. The summed E-state index contributed by atoms with van der Waals surface area (Å²) in [6, 6.07) is 5.11. The minimum Gasteiger partial charge on any atom is -0.383 e. The fraction of sp³-hybridized carbons (Fsp3) is 0.286. The van der Waals surface area contributed by atoms with Crippen molar-refractivity contribution in [3.8, 4) is 0 Å². The van der Waals surface area contributed by atoms with Crippen molar-refractivity contribution < 1.29 is 17.9 Å². The SMILES string of the molecule is COCCNc1nccc(Nc2ccc(Cl)c(C(F)(F)F)c2)n1. The Bertz CT molecular complexity index is 667. The Morgan fingerprint density at radius 3 is 2.74 bits per heavy atom. The zero-order valence-corrected chi connectivity index (χ0v) is 12.9. The number of hydrogen-bond donors (Lipinski definition) is 2. The van der Waals surface area contributed by atoms with Crippen molar-refractivity contribution in [2.24, 2.45) is 0 Å². The highest BCUT2D eigenvalue weighted by atomic mass is 35.5. The maximum absolute atomic E-state index is 12.8. The minimum absolute atomic E-state index is 0.225. The van der Waals surface area contributed by atoms with Crippen LogP contribution in [0, 0.1) is 0 Å². The number of alkyl halides is 3. The molecule has 23 heavy (non-hydrogen) atoms. The highest BCUT2D eigenvalue weighted by molar-refractivity contribution is 6.31. The van der Waals surface area contributed by atoms with Crippen LogP contribution in [0.15, 0.2) is 30.5 Å². The predicted molar refractivity (Wildman–Crippen MR) is 82.1 cm³/mol. The first-order chi connectivity index (χ1) is 10.9. The maximum atomic E-state index is 12.8. The van der Waals surface area contributed by atoms with Crippen LogP contribution in [-0.4, -0.2) is 30.2 Å². The fourth-order valence-electron chi connectivity index (χ4n) is 1.75. The molecule has 124 valence electrons. The van der Waals surface area contributed by atoms with Crippen molar-refractivity contribution in [2.45, 2.75) is 6.18 Å². The van der Waals surface area contributed by atoms with Gasteiger partial charge in [-0.3, -0.25) is 0 Å². The van der Waals surface area contributed by atoms with Crippen LogP contribution in [0.3, 0.4) is 0 Å². The number of halogens is 4. The molecule has 0 radical (unpaired) electrons. The summed E-state index contributed by atoms with van der Waals surface area (Å²) in [6.07, 6.45) is -3.03. The van der Waals surface area contributed by atoms with Gasteiger partial charge < -0.3 is 15.4 Å². The second kappa shape index (κ2) is 7.47. The van der Waals surface area contributed by atoms with Gasteiger partial charge in [0.15, 0.2) is 0 Å². The molecule has 1 aromatic heterocycles. The van der Waals surface area contributed by atoms with Crippen LogP contribution in [0.25, 0.3) is 0 Å². The standard InChI is InChI=1S/C14H14ClF3N4O/c1-23-7-6-20-13-19-5-4-12(22-13)21-9-2-3-11(15)10(8-9)14(16,17)18/h2-5,8H,6-7H2,1H3,(H2,19,20,21,22). The zero-order chi connectivity index (χ0) is 16.9. The van der Waals surface area contributed by atoms with Crippen molar-refractivity contribution >= 4 is 29.1 Å². The normalized spacial score (nSPS) is 11.3. The van der Waals surface area contributed by atoms with Crippen LogP contribution >= 0.6 is 11.6 Å². The molecule has 0 atom stereocenters. The molecule has 0 aliphatic rings. The van der Waals surface area contributed by atoms with E-state index in [-0.39, 0.29) is 10.7 Å². The Labute approximate surface area is 135 Å². The van der Waals surface area contributed by atoms with Crippen LogP contribution in [0.5, 0.6) is 0 Å². The molecule has 0 saturated heterocycles. The van der Waals surface area contributed by atoms with Gasteiger partial charge in [-0.2, -0.15) is 18.2 Å². The molecule has 1 aromatic carbocycles. The number of anilines is 3. The molecule has 1 heterocycles. The third kappa shape index (κ3) is 4.97. The van der Waals surface area contributed by atoms with E-state index in [2.05, 4.69) is 20.6 Å². The number of ether oxygens (including phenoxy) is 1. The van der Waals surface area contributed by atoms with E-state index in [9.17, 15) is 13.2 Å². The monoisotopic (exact) mass is 346 g/mol. The molecule has 0 unspecified atom stereocenters. The van der Waals surface area contributed by atoms with Crippen molar-refractivity contribution in [1.29, 1.82) is 0 Å². The van der Waals surface area contributed by atoms with Crippen LogP contribution in [0.4, 0.5) is 30.6 Å². The van der Waals surface area contributed by atoms with Gasteiger partial charge >= 0.3 is 6.18 Å². The van der Waals surface area contributed by atoms with Gasteiger partial charge in [-0.15, -0.1) is 0 Å². The lowest BCUT2D eigenvalue weighted by molar-refractivity contribution is -0.137. The summed E-state index contributed by atoms with van der Waals surface area (Å²) in [7, 11) is 1.57. The highest BCUT2D eigenvalue weighted by Gasteiger charge is 2.33. The summed E-state index contributed by atoms with van der Waals surface area (Å²) >= 11 is 5.58. The molecule has 2 aromatic rings. The molecule has 5 nitrogen and oxygen atoms in total. The van der Waals surface area contributed by atoms with Gasteiger partial charge in [0.2, 0.25) is 5.95 Å². The predicted octanol–water partition coefficient (Wildman–Crippen LogP) is 3.95. The number of nitrogens with zero attached hydrogens (tertiary/aromatic N) is 2. The van der Waals surface area contributed by atoms with Crippen molar-refractivity contribution in [3.05, 3.63) is 41.0 Å². The lowest BCUT2D eigenvalue weighted by Gasteiger charge is -2.12. The third-order valence-corrected chi connectivity index (χ3v) is 3.12. The van der Waals surface area contributed by atoms with Gasteiger partial charge in [0.1, 0.15) is 5.82 Å². The molecule has 0 aliphatic heterocycles. The summed E-state index contributed by atoms with van der Waals surface area (Å²) in [5, 5.41) is 5.37. The van der Waals surface area contributed by atoms with Crippen molar-refractivity contribution in [1.82, 2.24) is 9.97 Å². The van der Waals surface area contributed by atoms with E-state index < -0.39 is 11.7 Å². The Balaban J connectivity index is 2.14. The Hall–Kier alpha value is -2.06. The molecule has 0 amide bonds. The molecule has 0 spiro atoms. The van der Waals surface area contributed by atoms with E-state index in [1.54, 1.807) is 13.2 Å². The Kier molecular flexibility index (Phi) is 5.62. The second-order valence-corrected chi connectivity index (χ2v) is 4.91. The van der Waals surface area contributed by atoms with E-state index in [0.29, 0.717) is 24.9 Å². The summed E-state index contributed by atoms with van der Waals surface area (Å²) in [5.74, 6) is 0.701. The van der Waals surface area contributed by atoms with Crippen LogP contribution in [-0.2, 0) is 10.9 Å². The summed E-state index contributed by atoms with van der Waals surface area (Å²) in [5.41, 5.74) is -0.681. The van der Waals surface area contributed by atoms with E-state index in [4.69, 9.17) is 16.3 Å². The lowest BCUT2D eigenvalue weighted by Crippen LogP contribution is -2.10. The Morgan fingerprint density at radius 1 is 1.26 bits per heavy atom. The van der Waals surface area contributed by atoms with E-state index >= 15 is 0 Å². The number of rotatable bonds is 6. The average molecular weight is 347 g/mol. The molecule has 0 fully saturated rings. The highest BCUT2D eigenvalue weighted by Crippen LogP contribution is 2.36. The fourth-order valence-corrected chi connectivity index (χ4v) is 1.97. The molecule has 9 heteroatoms. The average Bonchev–Trinajstić information content (AvgIpc) is 2.49. The lowest BCUT2D eigenvalue weighted by atomic mass is 10.2. The summed E-state index contributed by atoms with van der Waals surface area (Å²) in [4.78, 5) is 8.16. The topological polar surface area (TPSA) is 59.1 Å². The van der Waals surface area contributed by atoms with Gasteiger partial charge in [-0.1, -0.05) is 11.6 Å². The van der Waals surface area contributed by atoms with E-state index in [0.717, 1.165) is 6.07 Å². The van der Waals surface area contributed by atoms with Crippen LogP contribution in [0.1, 0.15) is 5.56 Å². The molecule has 0 saturated carbocycles. The smallest absolute Gasteiger partial charge is 0.383 e. The number of hydrogen-bond acceptors (Lipinski definition) is 5. The van der Waals surface area contributed by atoms with Gasteiger partial charge in [-0.25, -0.2) is 4.98 Å². The van der Waals surface area contributed by atoms with Crippen molar-refractivity contribution in [2.75, 3.05) is 30.9 Å². The first-order valence-electron chi connectivity index (χ1n) is 6.60. The molecule has 2 N–H and O–H groups in total. The van der Waals surface area contributed by atoms with Gasteiger partial charge in [-0.05, 0) is 24.3 Å². The van der Waals surface area contributed by atoms with Gasteiger partial charge in [0.25, 0.3) is 0 Å². The van der Waals surface area contributed by atoms with Gasteiger partial charge in [0.05, 0.1) is 17.2 Å². The quantitative estimate of drug-likeness (QED) is 0.776. The first-order valence-corrected chi connectivity index (χ1v) is 6.97. The molecular formula is C14H14ClF3N4O. The molecule has 0 aliphatic carbocycles. The van der Waals surface area contributed by atoms with Crippen molar-refractivity contribution in [3.63, 3.8) is 0 Å². The minimum atomic E-state index is -4.52. The second-order valence-electron chi connectivity index (χ2n) is 4.50. The number of aromatic nitrogens is 2. The number of nitrogens with one attached hydrogen (secondary N) is 2. The van der Waals surface area contributed by atoms with Gasteiger partial charge in [0, 0.05) is 25.5 Å².